The Morgan fingerprint density at radius 3 is 2.73 bits per heavy atom. The van der Waals surface area contributed by atoms with Crippen LogP contribution in [0, 0.1) is 0 Å². The average Bonchev–Trinajstić information content (AvgIpc) is 2.99. The van der Waals surface area contributed by atoms with E-state index in [-0.39, 0.29) is 11.6 Å². The van der Waals surface area contributed by atoms with Gasteiger partial charge in [-0.05, 0) is 19.3 Å². The van der Waals surface area contributed by atoms with Gasteiger partial charge < -0.3 is 19.1 Å². The standard InChI is InChI=1S/C6H12O4Si/c7-11(8,9)4-1-2-5-6(3-4)10-5/h4-9H,1-3H2/i7T,8T,9T. The summed E-state index contributed by atoms with van der Waals surface area (Å²) < 4.78 is 25.9. The van der Waals surface area contributed by atoms with Crippen LogP contribution in [0.2, 0.25) is 5.54 Å². The van der Waals surface area contributed by atoms with Crippen LogP contribution in [0.3, 0.4) is 0 Å². The molecule has 0 aromatic rings. The molecular weight excluding hydrogens is 164 g/mol. The quantitative estimate of drug-likeness (QED) is 0.394. The zero-order valence-corrected chi connectivity index (χ0v) is 6.99. The molecule has 3 N–H and O–H groups in total. The molecule has 1 aliphatic heterocycles. The predicted molar refractivity (Wildman–Crippen MR) is 38.7 cm³/mol. The molecule has 0 amide bonds. The van der Waals surface area contributed by atoms with Gasteiger partial charge in [-0.1, -0.05) is 0 Å². The van der Waals surface area contributed by atoms with Gasteiger partial charge in [0.25, 0.3) is 0 Å². The second kappa shape index (κ2) is 2.27. The number of epoxide rings is 1. The molecule has 1 heterocycles. The van der Waals surface area contributed by atoms with Crippen molar-refractivity contribution in [1.82, 2.24) is 0 Å². The van der Waals surface area contributed by atoms with Crippen molar-refractivity contribution in [1.29, 1.82) is 4.29 Å². The highest BCUT2D eigenvalue weighted by molar-refractivity contribution is 6.58. The fraction of sp³-hybridized carbons (Fsp3) is 1.00. The fourth-order valence-electron chi connectivity index (χ4n) is 1.73. The van der Waals surface area contributed by atoms with E-state index in [9.17, 15) is 0 Å². The van der Waals surface area contributed by atoms with E-state index in [2.05, 4.69) is 14.4 Å². The van der Waals surface area contributed by atoms with Gasteiger partial charge in [0.15, 0.2) is 4.29 Å². The minimum Gasteiger partial charge on any atom is -0.390 e. The summed E-state index contributed by atoms with van der Waals surface area (Å²) in [7, 11) is -3.41. The molecule has 0 aromatic heterocycles. The minimum atomic E-state index is -3.41. The van der Waals surface area contributed by atoms with Gasteiger partial charge in [-0.2, -0.15) is 0 Å². The van der Waals surface area contributed by atoms with Gasteiger partial charge >= 0.3 is 8.80 Å². The van der Waals surface area contributed by atoms with Crippen LogP contribution in [-0.4, -0.2) is 39.7 Å². The zero-order valence-electron chi connectivity index (χ0n) is 8.99. The first kappa shape index (κ1) is 4.93. The molecule has 1 saturated carbocycles. The smallest absolute Gasteiger partial charge is 0.390 e. The van der Waals surface area contributed by atoms with Crippen molar-refractivity contribution in [3.05, 3.63) is 0 Å². The summed E-state index contributed by atoms with van der Waals surface area (Å²) in [6.07, 6.45) is 2.82. The van der Waals surface area contributed by atoms with Crippen LogP contribution >= 0.6 is 0 Å². The van der Waals surface area contributed by atoms with E-state index < -0.39 is 8.80 Å². The molecule has 2 fully saturated rings. The van der Waals surface area contributed by atoms with Gasteiger partial charge in [0, 0.05) is 5.54 Å². The number of hydrogen-bond acceptors (Lipinski definition) is 4. The molecule has 0 spiro atoms. The van der Waals surface area contributed by atoms with Gasteiger partial charge in [0.05, 0.1) is 12.2 Å². The lowest BCUT2D eigenvalue weighted by atomic mass is 10.0. The Bertz CT molecular complexity index is 207. The first-order valence-electron chi connectivity index (χ1n) is 5.06. The zero-order chi connectivity index (χ0) is 10.2. The summed E-state index contributed by atoms with van der Waals surface area (Å²) >= 11 is 0. The molecule has 3 unspecified atom stereocenters. The molecule has 0 bridgehead atoms. The number of rotatable bonds is 4. The van der Waals surface area contributed by atoms with Gasteiger partial charge in [-0.3, -0.25) is 0 Å². The Morgan fingerprint density at radius 2 is 2.09 bits per heavy atom. The van der Waals surface area contributed by atoms with E-state index >= 15 is 0 Å². The summed E-state index contributed by atoms with van der Waals surface area (Å²) in [4.78, 5) is 13.1. The Hall–Kier alpha value is 0.0569. The van der Waals surface area contributed by atoms with Crippen molar-refractivity contribution in [2.24, 2.45) is 0 Å². The molecule has 1 saturated heterocycles. The van der Waals surface area contributed by atoms with Crippen LogP contribution in [0.1, 0.15) is 19.3 Å². The molecule has 2 aliphatic rings. The van der Waals surface area contributed by atoms with Crippen molar-refractivity contribution >= 4 is 8.80 Å². The third kappa shape index (κ3) is 1.47. The maximum absolute atomic E-state index is 6.85. The highest BCUT2D eigenvalue weighted by atomic mass is 28.4. The minimum absolute atomic E-state index is 0.154. The number of ether oxygens (including phenoxy) is 1. The van der Waals surface area contributed by atoms with Crippen LogP contribution < -0.4 is 0 Å². The van der Waals surface area contributed by atoms with E-state index in [1.165, 1.54) is 0 Å². The molecule has 0 aromatic carbocycles. The summed E-state index contributed by atoms with van der Waals surface area (Å²) in [6.45, 7) is 0. The summed E-state index contributed by atoms with van der Waals surface area (Å²) in [5, 5.41) is 0. The molecule has 1 aliphatic carbocycles. The molecule has 4 nitrogen and oxygen atoms in total. The Balaban J connectivity index is 2.02. The van der Waals surface area contributed by atoms with Gasteiger partial charge in [0.2, 0.25) is 0 Å². The number of fused-ring (bicyclic) bond motifs is 1. The molecular formula is C6H12O4Si. The van der Waals surface area contributed by atoms with Gasteiger partial charge in [0.1, 0.15) is 0 Å². The third-order valence-electron chi connectivity index (χ3n) is 2.50. The van der Waals surface area contributed by atoms with Crippen LogP contribution in [0.25, 0.3) is 0 Å². The lowest BCUT2D eigenvalue weighted by Crippen LogP contribution is -2.42. The fourth-order valence-corrected chi connectivity index (χ4v) is 2.77. The second-order valence-electron chi connectivity index (χ2n) is 3.33. The van der Waals surface area contributed by atoms with Crippen LogP contribution in [0.5, 0.6) is 0 Å². The first-order chi connectivity index (χ1) is 6.75. The highest BCUT2D eigenvalue weighted by Crippen LogP contribution is 2.44. The maximum atomic E-state index is 6.85. The van der Waals surface area contributed by atoms with E-state index in [0.717, 1.165) is 12.8 Å². The Morgan fingerprint density at radius 1 is 1.27 bits per heavy atom. The third-order valence-corrected chi connectivity index (χ3v) is 4.03. The summed E-state index contributed by atoms with van der Waals surface area (Å²) in [5.41, 5.74) is -0.154. The summed E-state index contributed by atoms with van der Waals surface area (Å²) in [5.74, 6) is 0. The molecule has 2 rings (SSSR count). The Labute approximate surface area is 70.3 Å². The highest BCUT2D eigenvalue weighted by Gasteiger charge is 2.51. The topological polar surface area (TPSA) is 73.2 Å². The molecule has 5 heteroatoms. The lowest BCUT2D eigenvalue weighted by Gasteiger charge is -2.23. The van der Waals surface area contributed by atoms with Crippen molar-refractivity contribution in [3.8, 4) is 0 Å². The van der Waals surface area contributed by atoms with Crippen molar-refractivity contribution in [2.45, 2.75) is 37.0 Å². The van der Waals surface area contributed by atoms with E-state index in [1.807, 2.05) is 0 Å². The maximum Gasteiger partial charge on any atom is 0.496 e. The Kier molecular flexibility index (Phi) is 1.02. The van der Waals surface area contributed by atoms with Crippen molar-refractivity contribution in [3.63, 3.8) is 0 Å². The largest absolute Gasteiger partial charge is 0.496 e. The van der Waals surface area contributed by atoms with Crippen molar-refractivity contribution < 1.29 is 19.1 Å². The molecule has 11 heavy (non-hydrogen) atoms. The van der Waals surface area contributed by atoms with Crippen molar-refractivity contribution in [2.75, 3.05) is 0 Å². The average molecular weight is 182 g/mol. The normalized spacial score (nSPS) is 46.9. The monoisotopic (exact) mass is 182 g/mol. The lowest BCUT2D eigenvalue weighted by molar-refractivity contribution is 0.199. The molecule has 3 atom stereocenters. The van der Waals surface area contributed by atoms with Crippen LogP contribution in [0.15, 0.2) is 0 Å². The predicted octanol–water partition coefficient (Wildman–Crippen LogP) is -0.776. The molecule has 0 radical (unpaired) electrons. The molecule has 64 valence electrons. The summed E-state index contributed by atoms with van der Waals surface area (Å²) in [6, 6.07) is 0. The van der Waals surface area contributed by atoms with Gasteiger partial charge in [-0.25, -0.2) is 0 Å². The van der Waals surface area contributed by atoms with E-state index in [1.54, 1.807) is 0 Å². The van der Waals surface area contributed by atoms with Crippen LogP contribution in [-0.2, 0) is 4.74 Å². The van der Waals surface area contributed by atoms with Crippen LogP contribution in [0.4, 0.5) is 0 Å². The first-order valence-corrected chi connectivity index (χ1v) is 5.64. The van der Waals surface area contributed by atoms with E-state index in [4.69, 9.17) is 9.03 Å². The van der Waals surface area contributed by atoms with Gasteiger partial charge in [-0.15, -0.1) is 0 Å². The van der Waals surface area contributed by atoms with E-state index in [0.29, 0.717) is 12.5 Å². The SMILES string of the molecule is [3H]O[Si](O[3H])(O[3H])C1CCC2OC2C1. The number of hydrogen-bond donors (Lipinski definition) is 3. The second-order valence-corrected chi connectivity index (χ2v) is 5.35.